The van der Waals surface area contributed by atoms with Crippen molar-refractivity contribution in [3.63, 3.8) is 0 Å². The molecule has 6 nitrogen and oxygen atoms in total. The maximum atomic E-state index is 12.7. The topological polar surface area (TPSA) is 84.4 Å². The molecule has 0 aliphatic carbocycles. The van der Waals surface area contributed by atoms with Gasteiger partial charge in [0.05, 0.1) is 11.9 Å². The number of carbonyl (C=O) groups is 1. The summed E-state index contributed by atoms with van der Waals surface area (Å²) in [5, 5.41) is 13.6. The van der Waals surface area contributed by atoms with Crippen molar-refractivity contribution in [3.8, 4) is 5.75 Å². The van der Waals surface area contributed by atoms with Gasteiger partial charge in [-0.05, 0) is 26.0 Å². The first-order valence-electron chi connectivity index (χ1n) is 6.50. The number of benzene rings is 1. The highest BCUT2D eigenvalue weighted by Crippen LogP contribution is 2.23. The maximum absolute atomic E-state index is 12.7. The second-order valence-electron chi connectivity index (χ2n) is 4.33. The SMILES string of the molecule is CCN(C(=O)c1c(N)cnn1CC)c1cccc(O)c1. The summed E-state index contributed by atoms with van der Waals surface area (Å²) >= 11 is 0. The van der Waals surface area contributed by atoms with Gasteiger partial charge in [0, 0.05) is 24.8 Å². The Balaban J connectivity index is 2.41. The van der Waals surface area contributed by atoms with E-state index in [1.165, 1.54) is 6.20 Å². The predicted octanol–water partition coefficient (Wildman–Crippen LogP) is 1.86. The van der Waals surface area contributed by atoms with E-state index in [4.69, 9.17) is 5.73 Å². The Hall–Kier alpha value is -2.50. The fourth-order valence-electron chi connectivity index (χ4n) is 2.11. The Morgan fingerprint density at radius 1 is 1.45 bits per heavy atom. The van der Waals surface area contributed by atoms with Crippen LogP contribution >= 0.6 is 0 Å². The number of hydrogen-bond acceptors (Lipinski definition) is 4. The molecular formula is C14H18N4O2. The molecule has 3 N–H and O–H groups in total. The van der Waals surface area contributed by atoms with E-state index in [9.17, 15) is 9.90 Å². The molecule has 0 bridgehead atoms. The normalized spacial score (nSPS) is 10.5. The molecule has 0 atom stereocenters. The maximum Gasteiger partial charge on any atom is 0.278 e. The number of phenols is 1. The van der Waals surface area contributed by atoms with Gasteiger partial charge in [-0.1, -0.05) is 6.07 Å². The van der Waals surface area contributed by atoms with Gasteiger partial charge in [0.25, 0.3) is 5.91 Å². The lowest BCUT2D eigenvalue weighted by Crippen LogP contribution is -2.33. The zero-order chi connectivity index (χ0) is 14.7. The molecule has 1 aromatic carbocycles. The van der Waals surface area contributed by atoms with Gasteiger partial charge in [-0.25, -0.2) is 0 Å². The summed E-state index contributed by atoms with van der Waals surface area (Å²) in [6, 6.07) is 6.57. The minimum atomic E-state index is -0.227. The van der Waals surface area contributed by atoms with Crippen LogP contribution in [0.25, 0.3) is 0 Å². The first kappa shape index (κ1) is 13.9. The van der Waals surface area contributed by atoms with E-state index in [1.54, 1.807) is 33.8 Å². The van der Waals surface area contributed by atoms with Crippen LogP contribution in [-0.4, -0.2) is 27.3 Å². The van der Waals surface area contributed by atoms with E-state index >= 15 is 0 Å². The minimum absolute atomic E-state index is 0.116. The van der Waals surface area contributed by atoms with Gasteiger partial charge in [0.1, 0.15) is 11.4 Å². The van der Waals surface area contributed by atoms with Crippen molar-refractivity contribution in [1.29, 1.82) is 0 Å². The van der Waals surface area contributed by atoms with Gasteiger partial charge in [-0.3, -0.25) is 9.48 Å². The molecule has 0 unspecified atom stereocenters. The quantitative estimate of drug-likeness (QED) is 0.891. The van der Waals surface area contributed by atoms with Gasteiger partial charge in [-0.2, -0.15) is 5.10 Å². The number of amides is 1. The number of nitrogens with zero attached hydrogens (tertiary/aromatic N) is 3. The molecule has 20 heavy (non-hydrogen) atoms. The zero-order valence-electron chi connectivity index (χ0n) is 11.6. The lowest BCUT2D eigenvalue weighted by atomic mass is 10.2. The summed E-state index contributed by atoms with van der Waals surface area (Å²) < 4.78 is 1.57. The number of carbonyl (C=O) groups excluding carboxylic acids is 1. The molecular weight excluding hydrogens is 256 g/mol. The van der Waals surface area contributed by atoms with Crippen molar-refractivity contribution in [2.24, 2.45) is 0 Å². The highest BCUT2D eigenvalue weighted by molar-refractivity contribution is 6.08. The number of phenolic OH excluding ortho intramolecular Hbond substituents is 1. The highest BCUT2D eigenvalue weighted by Gasteiger charge is 2.22. The number of nitrogen functional groups attached to an aromatic ring is 1. The summed E-state index contributed by atoms with van der Waals surface area (Å²) in [4.78, 5) is 14.2. The van der Waals surface area contributed by atoms with Crippen LogP contribution in [0.2, 0.25) is 0 Å². The molecule has 0 radical (unpaired) electrons. The van der Waals surface area contributed by atoms with Gasteiger partial charge in [-0.15, -0.1) is 0 Å². The van der Waals surface area contributed by atoms with E-state index in [0.29, 0.717) is 30.2 Å². The molecule has 1 aromatic heterocycles. The monoisotopic (exact) mass is 274 g/mol. The number of hydrogen-bond donors (Lipinski definition) is 2. The second kappa shape index (κ2) is 5.64. The molecule has 1 heterocycles. The summed E-state index contributed by atoms with van der Waals surface area (Å²) in [7, 11) is 0. The Morgan fingerprint density at radius 3 is 2.80 bits per heavy atom. The summed E-state index contributed by atoms with van der Waals surface area (Å²) in [5.74, 6) is -0.110. The van der Waals surface area contributed by atoms with E-state index in [0.717, 1.165) is 0 Å². The molecule has 1 amide bonds. The molecule has 0 aliphatic heterocycles. The van der Waals surface area contributed by atoms with Crippen molar-refractivity contribution >= 4 is 17.3 Å². The summed E-state index contributed by atoms with van der Waals surface area (Å²) in [5.41, 5.74) is 7.19. The number of nitrogens with two attached hydrogens (primary N) is 1. The number of aryl methyl sites for hydroxylation is 1. The molecule has 2 rings (SSSR count). The second-order valence-corrected chi connectivity index (χ2v) is 4.33. The molecule has 2 aromatic rings. The van der Waals surface area contributed by atoms with Gasteiger partial charge in [0.15, 0.2) is 0 Å². The molecule has 0 saturated carbocycles. The summed E-state index contributed by atoms with van der Waals surface area (Å²) in [6.45, 7) is 4.80. The molecule has 0 spiro atoms. The molecule has 0 aliphatic rings. The van der Waals surface area contributed by atoms with Crippen molar-refractivity contribution in [1.82, 2.24) is 9.78 Å². The first-order valence-corrected chi connectivity index (χ1v) is 6.50. The summed E-state index contributed by atoms with van der Waals surface area (Å²) in [6.07, 6.45) is 1.48. The molecule has 0 saturated heterocycles. The highest BCUT2D eigenvalue weighted by atomic mass is 16.3. The van der Waals surface area contributed by atoms with Crippen LogP contribution in [0.1, 0.15) is 24.3 Å². The molecule has 0 fully saturated rings. The lowest BCUT2D eigenvalue weighted by Gasteiger charge is -2.21. The average molecular weight is 274 g/mol. The van der Waals surface area contributed by atoms with E-state index in [2.05, 4.69) is 5.10 Å². The number of aromatic hydroxyl groups is 1. The van der Waals surface area contributed by atoms with Crippen molar-refractivity contribution in [2.45, 2.75) is 20.4 Å². The van der Waals surface area contributed by atoms with Gasteiger partial charge >= 0.3 is 0 Å². The van der Waals surface area contributed by atoms with Crippen molar-refractivity contribution in [2.75, 3.05) is 17.2 Å². The minimum Gasteiger partial charge on any atom is -0.508 e. The van der Waals surface area contributed by atoms with Crippen LogP contribution in [0, 0.1) is 0 Å². The third kappa shape index (κ3) is 2.45. The Kier molecular flexibility index (Phi) is 3.93. The average Bonchev–Trinajstić information content (AvgIpc) is 2.80. The van der Waals surface area contributed by atoms with E-state index in [-0.39, 0.29) is 11.7 Å². The lowest BCUT2D eigenvalue weighted by molar-refractivity contribution is 0.0979. The number of aromatic nitrogens is 2. The third-order valence-corrected chi connectivity index (χ3v) is 3.07. The van der Waals surface area contributed by atoms with Crippen LogP contribution in [-0.2, 0) is 6.54 Å². The fraction of sp³-hybridized carbons (Fsp3) is 0.286. The van der Waals surface area contributed by atoms with Crippen molar-refractivity contribution < 1.29 is 9.90 Å². The fourth-order valence-corrected chi connectivity index (χ4v) is 2.11. The number of rotatable bonds is 4. The van der Waals surface area contributed by atoms with Crippen LogP contribution < -0.4 is 10.6 Å². The van der Waals surface area contributed by atoms with E-state index in [1.807, 2.05) is 13.8 Å². The van der Waals surface area contributed by atoms with Crippen LogP contribution in [0.4, 0.5) is 11.4 Å². The standard InChI is InChI=1S/C14H18N4O2/c1-3-17(10-6-5-7-11(19)8-10)14(20)13-12(15)9-16-18(13)4-2/h5-9,19H,3-4,15H2,1-2H3. The van der Waals surface area contributed by atoms with Gasteiger partial charge in [0.2, 0.25) is 0 Å². The Labute approximate surface area is 117 Å². The van der Waals surface area contributed by atoms with Gasteiger partial charge < -0.3 is 15.7 Å². The van der Waals surface area contributed by atoms with E-state index < -0.39 is 0 Å². The van der Waals surface area contributed by atoms with Crippen LogP contribution in [0.5, 0.6) is 5.75 Å². The van der Waals surface area contributed by atoms with Crippen LogP contribution in [0.3, 0.4) is 0 Å². The largest absolute Gasteiger partial charge is 0.508 e. The zero-order valence-corrected chi connectivity index (χ0v) is 11.6. The first-order chi connectivity index (χ1) is 9.58. The third-order valence-electron chi connectivity index (χ3n) is 3.07. The smallest absolute Gasteiger partial charge is 0.278 e. The van der Waals surface area contributed by atoms with Crippen LogP contribution in [0.15, 0.2) is 30.5 Å². The molecule has 106 valence electrons. The number of anilines is 2. The predicted molar refractivity (Wildman–Crippen MR) is 77.8 cm³/mol. The Morgan fingerprint density at radius 2 is 2.20 bits per heavy atom. The van der Waals surface area contributed by atoms with Crippen molar-refractivity contribution in [3.05, 3.63) is 36.2 Å². The molecule has 6 heteroatoms. The Bertz CT molecular complexity index is 621.